The minimum Gasteiger partial charge on any atom is -0.431 e. The molecule has 29 heavy (non-hydrogen) atoms. The van der Waals surface area contributed by atoms with Gasteiger partial charge in [0.15, 0.2) is 0 Å². The van der Waals surface area contributed by atoms with Gasteiger partial charge in [-0.1, -0.05) is 35.6 Å². The minimum atomic E-state index is 0.667. The number of piperidine rings is 1. The van der Waals surface area contributed by atoms with Crippen molar-refractivity contribution in [3.63, 3.8) is 0 Å². The smallest absolute Gasteiger partial charge is 0.279 e. The van der Waals surface area contributed by atoms with Crippen LogP contribution < -0.4 is 4.74 Å². The molecule has 1 aliphatic heterocycles. The van der Waals surface area contributed by atoms with Gasteiger partial charge in [0.25, 0.3) is 5.19 Å². The van der Waals surface area contributed by atoms with Crippen molar-refractivity contribution in [3.8, 4) is 10.9 Å². The van der Waals surface area contributed by atoms with Crippen molar-refractivity contribution in [1.29, 1.82) is 0 Å². The second-order valence-electron chi connectivity index (χ2n) is 7.65. The van der Waals surface area contributed by atoms with Gasteiger partial charge in [-0.2, -0.15) is 0 Å². The molecule has 0 atom stereocenters. The Hall–Kier alpha value is -2.63. The van der Waals surface area contributed by atoms with Crippen molar-refractivity contribution in [2.24, 2.45) is 0 Å². The Labute approximate surface area is 175 Å². The molecule has 4 nitrogen and oxygen atoms in total. The predicted molar refractivity (Wildman–Crippen MR) is 119 cm³/mol. The number of nitrogens with zero attached hydrogens (tertiary/aromatic N) is 3. The van der Waals surface area contributed by atoms with Gasteiger partial charge in [0, 0.05) is 38.1 Å². The molecule has 0 radical (unpaired) electrons. The van der Waals surface area contributed by atoms with E-state index in [4.69, 9.17) is 4.74 Å². The highest BCUT2D eigenvalue weighted by Gasteiger charge is 2.19. The number of para-hydroxylation sites is 1. The second-order valence-corrected chi connectivity index (χ2v) is 8.64. The Kier molecular flexibility index (Phi) is 5.33. The van der Waals surface area contributed by atoms with Crippen LogP contribution in [0.3, 0.4) is 0 Å². The van der Waals surface area contributed by atoms with E-state index >= 15 is 0 Å². The summed E-state index contributed by atoms with van der Waals surface area (Å²) >= 11 is 1.58. The van der Waals surface area contributed by atoms with Crippen LogP contribution in [-0.2, 0) is 6.42 Å². The summed E-state index contributed by atoms with van der Waals surface area (Å²) in [5.41, 5.74) is 2.35. The summed E-state index contributed by atoms with van der Waals surface area (Å²) in [7, 11) is 0. The molecule has 0 aliphatic carbocycles. The van der Waals surface area contributed by atoms with Crippen molar-refractivity contribution >= 4 is 21.6 Å². The van der Waals surface area contributed by atoms with Gasteiger partial charge in [-0.05, 0) is 61.2 Å². The lowest BCUT2D eigenvalue weighted by Crippen LogP contribution is -2.35. The topological polar surface area (TPSA) is 30.3 Å². The molecule has 0 bridgehead atoms. The van der Waals surface area contributed by atoms with Crippen molar-refractivity contribution in [2.75, 3.05) is 19.6 Å². The first-order valence-corrected chi connectivity index (χ1v) is 11.1. The van der Waals surface area contributed by atoms with Gasteiger partial charge in [-0.15, -0.1) is 0 Å². The Morgan fingerprint density at radius 1 is 0.931 bits per heavy atom. The molecule has 5 rings (SSSR count). The summed E-state index contributed by atoms with van der Waals surface area (Å²) in [5.74, 6) is 0.848. The summed E-state index contributed by atoms with van der Waals surface area (Å²) in [4.78, 5) is 7.13. The fourth-order valence-electron chi connectivity index (χ4n) is 4.04. The van der Waals surface area contributed by atoms with E-state index in [0.717, 1.165) is 28.9 Å². The molecule has 0 unspecified atom stereocenters. The summed E-state index contributed by atoms with van der Waals surface area (Å²) in [5, 5.41) is 0.699. The normalized spacial score (nSPS) is 15.7. The van der Waals surface area contributed by atoms with Crippen LogP contribution in [0.15, 0.2) is 73.1 Å². The molecule has 3 heterocycles. The van der Waals surface area contributed by atoms with E-state index in [0.29, 0.717) is 11.2 Å². The quantitative estimate of drug-likeness (QED) is 0.409. The fraction of sp³-hybridized carbons (Fsp3) is 0.292. The Balaban J connectivity index is 1.12. The van der Waals surface area contributed by atoms with Crippen molar-refractivity contribution in [2.45, 2.75) is 25.3 Å². The monoisotopic (exact) mass is 403 g/mol. The molecule has 0 spiro atoms. The van der Waals surface area contributed by atoms with E-state index in [1.165, 1.54) is 31.5 Å². The molecule has 2 aromatic carbocycles. The Bertz CT molecular complexity index is 1010. The van der Waals surface area contributed by atoms with Crippen molar-refractivity contribution in [1.82, 2.24) is 14.5 Å². The highest BCUT2D eigenvalue weighted by molar-refractivity contribution is 7.20. The number of thiazole rings is 1. The first-order chi connectivity index (χ1) is 14.3. The Morgan fingerprint density at radius 2 is 1.69 bits per heavy atom. The Morgan fingerprint density at radius 3 is 2.45 bits per heavy atom. The molecule has 1 fully saturated rings. The number of ether oxygens (including phenoxy) is 1. The van der Waals surface area contributed by atoms with Gasteiger partial charge < -0.3 is 14.2 Å². The van der Waals surface area contributed by atoms with Gasteiger partial charge in [-0.25, -0.2) is 4.98 Å². The van der Waals surface area contributed by atoms with Crippen LogP contribution in [0, 0.1) is 0 Å². The maximum atomic E-state index is 5.95. The third-order valence-electron chi connectivity index (χ3n) is 5.73. The average molecular weight is 404 g/mol. The molecule has 0 saturated carbocycles. The second kappa shape index (κ2) is 8.39. The third kappa shape index (κ3) is 4.36. The lowest BCUT2D eigenvalue weighted by atomic mass is 10.0. The van der Waals surface area contributed by atoms with E-state index in [1.54, 1.807) is 11.3 Å². The lowest BCUT2D eigenvalue weighted by molar-refractivity contribution is 0.188. The molecule has 0 amide bonds. The zero-order chi connectivity index (χ0) is 19.5. The summed E-state index contributed by atoms with van der Waals surface area (Å²) in [6.07, 6.45) is 7.94. The van der Waals surface area contributed by atoms with Crippen LogP contribution in [0.2, 0.25) is 0 Å². The van der Waals surface area contributed by atoms with E-state index in [1.807, 2.05) is 18.2 Å². The van der Waals surface area contributed by atoms with Gasteiger partial charge in [0.1, 0.15) is 5.75 Å². The molecule has 4 aromatic rings. The standard InChI is InChI=1S/C24H25N3OS/c1-2-6-23-22(5-1)25-24(29-23)28-21-9-7-19(8-10-21)11-16-26-17-12-20(13-18-26)27-14-3-4-15-27/h1-10,14-15,20H,11-13,16-18H2. The van der Waals surface area contributed by atoms with Crippen molar-refractivity contribution < 1.29 is 4.74 Å². The number of fused-ring (bicyclic) bond motifs is 1. The third-order valence-corrected chi connectivity index (χ3v) is 6.64. The minimum absolute atomic E-state index is 0.667. The van der Waals surface area contributed by atoms with Gasteiger partial charge in [-0.3, -0.25) is 0 Å². The van der Waals surface area contributed by atoms with Gasteiger partial charge >= 0.3 is 0 Å². The number of likely N-dealkylation sites (tertiary alicyclic amines) is 1. The highest BCUT2D eigenvalue weighted by Crippen LogP contribution is 2.31. The van der Waals surface area contributed by atoms with Crippen LogP contribution in [0.1, 0.15) is 24.4 Å². The van der Waals surface area contributed by atoms with E-state index in [-0.39, 0.29) is 0 Å². The molecular formula is C24H25N3OS. The predicted octanol–water partition coefficient (Wildman–Crippen LogP) is 5.77. The maximum Gasteiger partial charge on any atom is 0.279 e. The molecular weight excluding hydrogens is 378 g/mol. The lowest BCUT2D eigenvalue weighted by Gasteiger charge is -2.32. The molecule has 5 heteroatoms. The van der Waals surface area contributed by atoms with Crippen molar-refractivity contribution in [3.05, 3.63) is 78.6 Å². The number of aromatic nitrogens is 2. The fourth-order valence-corrected chi connectivity index (χ4v) is 4.87. The first kappa shape index (κ1) is 18.4. The van der Waals surface area contributed by atoms with Crippen LogP contribution in [0.25, 0.3) is 10.2 Å². The number of hydrogen-bond acceptors (Lipinski definition) is 4. The zero-order valence-electron chi connectivity index (χ0n) is 16.4. The van der Waals surface area contributed by atoms with Gasteiger partial charge in [0.05, 0.1) is 10.2 Å². The maximum absolute atomic E-state index is 5.95. The summed E-state index contributed by atoms with van der Waals surface area (Å²) in [6.45, 7) is 3.49. The van der Waals surface area contributed by atoms with Gasteiger partial charge in [0.2, 0.25) is 0 Å². The van der Waals surface area contributed by atoms with E-state index < -0.39 is 0 Å². The highest BCUT2D eigenvalue weighted by atomic mass is 32.1. The van der Waals surface area contributed by atoms with Crippen LogP contribution in [-0.4, -0.2) is 34.1 Å². The summed E-state index contributed by atoms with van der Waals surface area (Å²) < 4.78 is 9.47. The molecule has 148 valence electrons. The molecule has 0 N–H and O–H groups in total. The molecule has 1 saturated heterocycles. The molecule has 1 aliphatic rings. The van der Waals surface area contributed by atoms with Crippen LogP contribution in [0.4, 0.5) is 0 Å². The van der Waals surface area contributed by atoms with E-state index in [9.17, 15) is 0 Å². The largest absolute Gasteiger partial charge is 0.431 e. The number of hydrogen-bond donors (Lipinski definition) is 0. The summed E-state index contributed by atoms with van der Waals surface area (Å²) in [6, 6.07) is 21.5. The zero-order valence-corrected chi connectivity index (χ0v) is 17.2. The SMILES string of the molecule is c1ccc2sc(Oc3ccc(CCN4CCC(n5cccc5)CC4)cc3)nc2c1. The average Bonchev–Trinajstić information content (AvgIpc) is 3.43. The number of rotatable bonds is 6. The molecule has 2 aromatic heterocycles. The van der Waals surface area contributed by atoms with Crippen LogP contribution in [0.5, 0.6) is 10.9 Å². The number of benzene rings is 2. The van der Waals surface area contributed by atoms with Crippen LogP contribution >= 0.6 is 11.3 Å². The van der Waals surface area contributed by atoms with E-state index in [2.05, 4.69) is 69.3 Å². The first-order valence-electron chi connectivity index (χ1n) is 10.3.